The van der Waals surface area contributed by atoms with Crippen LogP contribution in [0, 0.1) is 76.4 Å². The van der Waals surface area contributed by atoms with Gasteiger partial charge < -0.3 is 0 Å². The van der Waals surface area contributed by atoms with Crippen LogP contribution in [0.25, 0.3) is 0 Å². The van der Waals surface area contributed by atoms with Gasteiger partial charge in [-0.05, 0) is 92.7 Å². The molecular weight excluding hydrogens is 1290 g/mol. The quantitative estimate of drug-likeness (QED) is 0.0895. The van der Waals surface area contributed by atoms with Crippen LogP contribution in [0.15, 0.2) is 0 Å². The van der Waals surface area contributed by atoms with Crippen LogP contribution in [-0.4, -0.2) is 56.8 Å². The molecule has 0 radical (unpaired) electrons. The summed E-state index contributed by atoms with van der Waals surface area (Å²) in [6.45, 7) is 62.2. The summed E-state index contributed by atoms with van der Waals surface area (Å²) in [5, 5.41) is 0. The maximum absolute atomic E-state index is 11.8. The van der Waals surface area contributed by atoms with Gasteiger partial charge in [-0.2, -0.15) is 52.7 Å². The highest BCUT2D eigenvalue weighted by Gasteiger charge is 2.36. The van der Waals surface area contributed by atoms with E-state index in [-0.39, 0.29) is 44.4 Å². The van der Waals surface area contributed by atoms with Gasteiger partial charge in [-0.25, -0.2) is 26.3 Å². The van der Waals surface area contributed by atoms with Crippen molar-refractivity contribution in [3.8, 4) is 0 Å². The highest BCUT2D eigenvalue weighted by Crippen LogP contribution is 2.31. The molecule has 604 valence electrons. The molecule has 8 atom stereocenters. The van der Waals surface area contributed by atoms with Crippen molar-refractivity contribution < 1.29 is 93.3 Å². The molecule has 0 aliphatic carbocycles. The van der Waals surface area contributed by atoms with Crippen LogP contribution in [0.1, 0.15) is 369 Å². The van der Waals surface area contributed by atoms with Crippen LogP contribution in [0.4, 0.5) is 87.8 Å². The zero-order valence-electron chi connectivity index (χ0n) is 71.8. The molecule has 0 aromatic heterocycles. The van der Waals surface area contributed by atoms with E-state index in [1.807, 2.05) is 27.7 Å². The Labute approximate surface area is 588 Å². The predicted molar refractivity (Wildman–Crippen MR) is 383 cm³/mol. The monoisotopic (exact) mass is 1460 g/mol. The Morgan fingerprint density at radius 1 is 0.302 bits per heavy atom. The lowest BCUT2D eigenvalue weighted by atomic mass is 9.94. The molecular formula is C76H160F20. The van der Waals surface area contributed by atoms with Gasteiger partial charge in [0.05, 0.1) is 37.0 Å². The summed E-state index contributed by atoms with van der Waals surface area (Å²) in [5.74, 6) is -4.95. The van der Waals surface area contributed by atoms with Crippen molar-refractivity contribution in [2.24, 2.45) is 76.4 Å². The van der Waals surface area contributed by atoms with Crippen molar-refractivity contribution in [3.05, 3.63) is 0 Å². The van der Waals surface area contributed by atoms with Gasteiger partial charge in [0, 0.05) is 23.7 Å². The van der Waals surface area contributed by atoms with E-state index in [1.54, 1.807) is 34.6 Å². The molecule has 0 spiro atoms. The Morgan fingerprint density at radius 3 is 0.625 bits per heavy atom. The minimum Gasteiger partial charge on any atom is -0.251 e. The van der Waals surface area contributed by atoms with Crippen molar-refractivity contribution in [1.82, 2.24) is 0 Å². The summed E-state index contributed by atoms with van der Waals surface area (Å²) in [6, 6.07) is 0. The molecule has 0 fully saturated rings. The van der Waals surface area contributed by atoms with E-state index >= 15 is 0 Å². The first-order valence-corrected chi connectivity index (χ1v) is 35.8. The van der Waals surface area contributed by atoms with E-state index < -0.39 is 98.2 Å². The second-order valence-electron chi connectivity index (χ2n) is 27.5. The Balaban J connectivity index is -0.0000000668. The lowest BCUT2D eigenvalue weighted by Gasteiger charge is -2.13. The Kier molecular flexibility index (Phi) is 99.6. The van der Waals surface area contributed by atoms with Crippen molar-refractivity contribution in [2.45, 2.75) is 407 Å². The first-order chi connectivity index (χ1) is 44.4. The summed E-state index contributed by atoms with van der Waals surface area (Å²) in [7, 11) is 0. The van der Waals surface area contributed by atoms with Gasteiger partial charge in [0.2, 0.25) is 18.8 Å². The van der Waals surface area contributed by atoms with E-state index in [0.29, 0.717) is 31.1 Å². The average molecular weight is 1460 g/mol. The first kappa shape index (κ1) is 116. The van der Waals surface area contributed by atoms with Crippen LogP contribution in [0.5, 0.6) is 0 Å². The molecule has 20 heteroatoms. The van der Waals surface area contributed by atoms with E-state index in [1.165, 1.54) is 59.3 Å². The van der Waals surface area contributed by atoms with Gasteiger partial charge in [0.15, 0.2) is 0 Å². The standard InChI is InChI=1S/2C6H11F3.C6H12F2.C6H13F.2C6H14.2C5H9F3.2C5H10F2.C5H11F.3C5H12/c2*1-3-4-5(2)6(7,8)9;1-3-4-5(2)6(7)8;1-3-4-6(2)5-7;1-5-6(2,3)4;1-4-5-6(2)3;2*1-3-4(2)5(6,7)8;1-3-4-5(2,6)7;1-3-4(2)5(6)7;1-3-5(2)4-6;3*1-4-5(2)3/h2*5H,3-4H2,1-2H3;5-6H,3-4H2,1-2H3;6H,3-5H2,1-2H3;5H2,1-4H3;6H,4-5H2,1-3H3;2*4H,3H2,1-2H3;3-4H2,1-2H3;4-5H,3H2,1-2H3;5H,3-4H2,1-2H3;3*5H,4H2,1-3H3/i3D2;;;;;;3D2;;;;;;;. The zero-order chi connectivity index (χ0) is 84.2. The van der Waals surface area contributed by atoms with E-state index in [9.17, 15) is 87.8 Å². The fourth-order valence-corrected chi connectivity index (χ4v) is 3.87. The van der Waals surface area contributed by atoms with Crippen molar-refractivity contribution in [2.75, 3.05) is 13.3 Å². The summed E-state index contributed by atoms with van der Waals surface area (Å²) >= 11 is 0. The van der Waals surface area contributed by atoms with Crippen LogP contribution in [0.2, 0.25) is 0 Å². The number of alkyl halides is 20. The molecule has 0 heterocycles. The van der Waals surface area contributed by atoms with Crippen LogP contribution < -0.4 is 0 Å². The van der Waals surface area contributed by atoms with Crippen LogP contribution >= 0.6 is 0 Å². The molecule has 0 aromatic rings. The fourth-order valence-electron chi connectivity index (χ4n) is 3.87. The minimum absolute atomic E-state index is 0.00694. The number of hydrogen-bond donors (Lipinski definition) is 0. The fraction of sp³-hybridized carbons (Fsp3) is 1.00. The second-order valence-corrected chi connectivity index (χ2v) is 27.5. The topological polar surface area (TPSA) is 0 Å². The van der Waals surface area contributed by atoms with Gasteiger partial charge in [0.25, 0.3) is 0 Å². The number of halogens is 20. The van der Waals surface area contributed by atoms with Crippen LogP contribution in [-0.2, 0) is 0 Å². The molecule has 0 aromatic carbocycles. The van der Waals surface area contributed by atoms with Crippen molar-refractivity contribution >= 4 is 0 Å². The molecule has 0 saturated carbocycles. The summed E-state index contributed by atoms with van der Waals surface area (Å²) < 4.78 is 260. The highest BCUT2D eigenvalue weighted by molar-refractivity contribution is 4.62. The third-order valence-corrected chi connectivity index (χ3v) is 13.8. The molecule has 8 unspecified atom stereocenters. The summed E-state index contributed by atoms with van der Waals surface area (Å²) in [5.41, 5.74) is 0.542. The van der Waals surface area contributed by atoms with Gasteiger partial charge in [-0.15, -0.1) is 0 Å². The van der Waals surface area contributed by atoms with Crippen molar-refractivity contribution in [3.63, 3.8) is 0 Å². The predicted octanol–water partition coefficient (Wildman–Crippen LogP) is 34.0. The highest BCUT2D eigenvalue weighted by atomic mass is 19.4. The zero-order valence-corrected chi connectivity index (χ0v) is 67.8. The lowest BCUT2D eigenvalue weighted by molar-refractivity contribution is -0.171. The Bertz CT molecular complexity index is 1460. The lowest BCUT2D eigenvalue weighted by Crippen LogP contribution is -2.19. The third-order valence-electron chi connectivity index (χ3n) is 13.8. The normalized spacial score (nSPS) is 14.5. The molecule has 0 aliphatic rings. The molecule has 0 N–H and O–H groups in total. The van der Waals surface area contributed by atoms with E-state index in [2.05, 4.69) is 118 Å². The molecule has 0 nitrogen and oxygen atoms in total. The average Bonchev–Trinajstić information content (AvgIpc) is 0.864. The Morgan fingerprint density at radius 2 is 0.583 bits per heavy atom. The minimum atomic E-state index is -4.43. The van der Waals surface area contributed by atoms with E-state index in [0.717, 1.165) is 84.0 Å². The van der Waals surface area contributed by atoms with Crippen molar-refractivity contribution in [1.29, 1.82) is 0 Å². The molecule has 0 rings (SSSR count). The SMILES string of the molecule is CCC(C)(C)C.CCC(C)C.CCC(C)C.CCC(C)C.CCC(C)C(F)(F)F.CCC(C)C(F)F.CCC(C)CF.CCCC(C)(F)F.CCCC(C)C.CCCC(C)C(F)(F)F.CCCC(C)C(F)F.CCCC(C)CF.[2H]C([2H])(C)C(C)C(F)(F)F.[2H]C([2H])(C)CC(C)C(F)(F)F. The summed E-state index contributed by atoms with van der Waals surface area (Å²) in [4.78, 5) is 0. The van der Waals surface area contributed by atoms with Crippen LogP contribution in [0.3, 0.4) is 0 Å². The Hall–Kier alpha value is -1.40. The third kappa shape index (κ3) is 156. The second kappa shape index (κ2) is 82.6. The van der Waals surface area contributed by atoms with Gasteiger partial charge in [0.1, 0.15) is 0 Å². The molecule has 96 heavy (non-hydrogen) atoms. The van der Waals surface area contributed by atoms with E-state index in [4.69, 9.17) is 5.48 Å². The largest absolute Gasteiger partial charge is 0.391 e. The van der Waals surface area contributed by atoms with Gasteiger partial charge in [-0.1, -0.05) is 305 Å². The smallest absolute Gasteiger partial charge is 0.251 e. The molecule has 0 saturated heterocycles. The molecule has 0 bridgehead atoms. The number of rotatable bonds is 23. The van der Waals surface area contributed by atoms with Gasteiger partial charge in [-0.3, -0.25) is 8.78 Å². The maximum atomic E-state index is 11.8. The van der Waals surface area contributed by atoms with Gasteiger partial charge >= 0.3 is 24.7 Å². The molecule has 0 aliphatic heterocycles. The first-order valence-electron chi connectivity index (χ1n) is 37.8. The maximum Gasteiger partial charge on any atom is 0.391 e. The molecule has 0 amide bonds. The summed E-state index contributed by atoms with van der Waals surface area (Å²) in [6.07, 6.45) is -10.7. The number of hydrogen-bond acceptors (Lipinski definition) is 0.